The van der Waals surface area contributed by atoms with E-state index in [0.29, 0.717) is 29.4 Å². The molecule has 0 radical (unpaired) electrons. The Kier molecular flexibility index (Phi) is 4.55. The van der Waals surface area contributed by atoms with E-state index in [0.717, 1.165) is 5.56 Å². The third-order valence-corrected chi connectivity index (χ3v) is 4.75. The molecule has 1 aliphatic rings. The number of para-hydroxylation sites is 1. The number of hydrogen-bond donors (Lipinski definition) is 1. The molecule has 4 rings (SSSR count). The molecule has 1 amide bonds. The number of anilines is 1. The highest BCUT2D eigenvalue weighted by Crippen LogP contribution is 2.35. The fourth-order valence-corrected chi connectivity index (χ4v) is 3.14. The van der Waals surface area contributed by atoms with E-state index in [-0.39, 0.29) is 18.1 Å². The monoisotopic (exact) mass is 377 g/mol. The number of rotatable bonds is 4. The quantitative estimate of drug-likeness (QED) is 0.740. The molecule has 6 heteroatoms. The van der Waals surface area contributed by atoms with E-state index in [1.165, 1.54) is 5.56 Å². The molecule has 0 bridgehead atoms. The smallest absolute Gasteiger partial charge is 0.260 e. The van der Waals surface area contributed by atoms with E-state index in [4.69, 9.17) is 9.47 Å². The minimum Gasteiger partial charge on any atom is -0.454 e. The van der Waals surface area contributed by atoms with Crippen molar-refractivity contribution in [2.45, 2.75) is 32.7 Å². The Morgan fingerprint density at radius 2 is 1.89 bits per heavy atom. The number of benzene rings is 2. The summed E-state index contributed by atoms with van der Waals surface area (Å²) < 4.78 is 12.5. The summed E-state index contributed by atoms with van der Waals surface area (Å²) in [6, 6.07) is 15.5. The lowest BCUT2D eigenvalue weighted by Crippen LogP contribution is -2.17. The van der Waals surface area contributed by atoms with E-state index in [9.17, 15) is 4.79 Å². The number of aromatic nitrogens is 2. The SMILES string of the molecule is CC(C)(C)c1ccc(Cn2nccc2NC(=O)c2cccc3c2OCO3)cc1. The van der Waals surface area contributed by atoms with E-state index in [1.807, 2.05) is 0 Å². The molecule has 0 atom stereocenters. The standard InChI is InChI=1S/C22H23N3O3/c1-22(2,3)16-9-7-15(8-10-16)13-25-19(11-12-23-25)24-21(26)17-5-4-6-18-20(17)28-14-27-18/h4-12H,13-14H2,1-3H3,(H,24,26). The van der Waals surface area contributed by atoms with Crippen LogP contribution in [0, 0.1) is 0 Å². The van der Waals surface area contributed by atoms with Crippen LogP contribution in [0.5, 0.6) is 11.5 Å². The Bertz CT molecular complexity index is 1000. The first kappa shape index (κ1) is 18.1. The van der Waals surface area contributed by atoms with Crippen molar-refractivity contribution in [1.82, 2.24) is 9.78 Å². The van der Waals surface area contributed by atoms with Gasteiger partial charge in [0.05, 0.1) is 18.3 Å². The Labute approximate surface area is 164 Å². The van der Waals surface area contributed by atoms with Gasteiger partial charge < -0.3 is 14.8 Å². The Hall–Kier alpha value is -3.28. The summed E-state index contributed by atoms with van der Waals surface area (Å²) in [6.07, 6.45) is 1.67. The average Bonchev–Trinajstić information content (AvgIpc) is 3.30. The molecule has 144 valence electrons. The maximum absolute atomic E-state index is 12.7. The molecule has 1 N–H and O–H groups in total. The molecule has 0 unspecified atom stereocenters. The second-order valence-corrected chi connectivity index (χ2v) is 7.81. The van der Waals surface area contributed by atoms with Crippen molar-refractivity contribution in [1.29, 1.82) is 0 Å². The molecule has 6 nitrogen and oxygen atoms in total. The summed E-state index contributed by atoms with van der Waals surface area (Å²) in [6.45, 7) is 7.27. The second kappa shape index (κ2) is 7.03. The lowest BCUT2D eigenvalue weighted by Gasteiger charge is -2.19. The zero-order chi connectivity index (χ0) is 19.7. The van der Waals surface area contributed by atoms with Gasteiger partial charge >= 0.3 is 0 Å². The molecule has 2 aromatic carbocycles. The van der Waals surface area contributed by atoms with E-state index >= 15 is 0 Å². The van der Waals surface area contributed by atoms with Gasteiger partial charge in [-0.05, 0) is 28.7 Å². The number of hydrogen-bond acceptors (Lipinski definition) is 4. The van der Waals surface area contributed by atoms with Crippen LogP contribution >= 0.6 is 0 Å². The van der Waals surface area contributed by atoms with Crippen LogP contribution in [0.15, 0.2) is 54.7 Å². The molecule has 3 aromatic rings. The average molecular weight is 377 g/mol. The normalized spacial score (nSPS) is 12.8. The van der Waals surface area contributed by atoms with Gasteiger partial charge in [-0.25, -0.2) is 4.68 Å². The summed E-state index contributed by atoms with van der Waals surface area (Å²) in [5, 5.41) is 7.27. The van der Waals surface area contributed by atoms with Crippen LogP contribution in [0.4, 0.5) is 5.82 Å². The van der Waals surface area contributed by atoms with Crippen molar-refractivity contribution < 1.29 is 14.3 Å². The van der Waals surface area contributed by atoms with Crippen LogP contribution in [-0.4, -0.2) is 22.5 Å². The molecular formula is C22H23N3O3. The number of carbonyl (C=O) groups is 1. The number of ether oxygens (including phenoxy) is 2. The topological polar surface area (TPSA) is 65.4 Å². The number of nitrogens with one attached hydrogen (secondary N) is 1. The van der Waals surface area contributed by atoms with E-state index in [1.54, 1.807) is 35.1 Å². The molecule has 2 heterocycles. The van der Waals surface area contributed by atoms with Crippen LogP contribution < -0.4 is 14.8 Å². The maximum Gasteiger partial charge on any atom is 0.260 e. The van der Waals surface area contributed by atoms with Gasteiger partial charge in [0, 0.05) is 6.07 Å². The highest BCUT2D eigenvalue weighted by Gasteiger charge is 2.22. The number of nitrogens with zero attached hydrogens (tertiary/aromatic N) is 2. The molecule has 0 aliphatic carbocycles. The van der Waals surface area contributed by atoms with Crippen molar-refractivity contribution in [3.63, 3.8) is 0 Å². The van der Waals surface area contributed by atoms with Gasteiger partial charge in [-0.15, -0.1) is 0 Å². The van der Waals surface area contributed by atoms with Crippen LogP contribution in [-0.2, 0) is 12.0 Å². The first-order valence-corrected chi connectivity index (χ1v) is 9.23. The second-order valence-electron chi connectivity index (χ2n) is 7.81. The largest absolute Gasteiger partial charge is 0.454 e. The van der Waals surface area contributed by atoms with Gasteiger partial charge in [-0.2, -0.15) is 5.10 Å². The van der Waals surface area contributed by atoms with Crippen LogP contribution in [0.25, 0.3) is 0 Å². The molecule has 0 spiro atoms. The molecule has 0 fully saturated rings. The number of fused-ring (bicyclic) bond motifs is 1. The van der Waals surface area contributed by atoms with Gasteiger partial charge in [0.1, 0.15) is 5.82 Å². The molecule has 1 aromatic heterocycles. The molecule has 1 aliphatic heterocycles. The van der Waals surface area contributed by atoms with Gasteiger partial charge in [0.15, 0.2) is 11.5 Å². The van der Waals surface area contributed by atoms with Crippen LogP contribution in [0.1, 0.15) is 42.3 Å². The summed E-state index contributed by atoms with van der Waals surface area (Å²) in [4.78, 5) is 12.7. The first-order chi connectivity index (χ1) is 13.4. The van der Waals surface area contributed by atoms with Crippen molar-refractivity contribution >= 4 is 11.7 Å². The van der Waals surface area contributed by atoms with E-state index in [2.05, 4.69) is 55.5 Å². The minimum absolute atomic E-state index is 0.116. The fourth-order valence-electron chi connectivity index (χ4n) is 3.14. The third-order valence-electron chi connectivity index (χ3n) is 4.75. The Morgan fingerprint density at radius 1 is 1.11 bits per heavy atom. The summed E-state index contributed by atoms with van der Waals surface area (Å²) in [5.41, 5.74) is 2.96. The Morgan fingerprint density at radius 3 is 2.64 bits per heavy atom. The van der Waals surface area contributed by atoms with Crippen LogP contribution in [0.2, 0.25) is 0 Å². The Balaban J connectivity index is 1.50. The lowest BCUT2D eigenvalue weighted by molar-refractivity contribution is 0.102. The molecular weight excluding hydrogens is 354 g/mol. The predicted molar refractivity (Wildman–Crippen MR) is 107 cm³/mol. The number of amides is 1. The maximum atomic E-state index is 12.7. The van der Waals surface area contributed by atoms with Crippen molar-refractivity contribution in [2.24, 2.45) is 0 Å². The first-order valence-electron chi connectivity index (χ1n) is 9.23. The van der Waals surface area contributed by atoms with Crippen molar-refractivity contribution in [2.75, 3.05) is 12.1 Å². The molecule has 0 saturated carbocycles. The zero-order valence-corrected chi connectivity index (χ0v) is 16.2. The van der Waals surface area contributed by atoms with Gasteiger partial charge in [-0.3, -0.25) is 4.79 Å². The molecule has 28 heavy (non-hydrogen) atoms. The van der Waals surface area contributed by atoms with E-state index < -0.39 is 0 Å². The number of carbonyl (C=O) groups excluding carboxylic acids is 1. The van der Waals surface area contributed by atoms with Gasteiger partial charge in [0.25, 0.3) is 5.91 Å². The predicted octanol–water partition coefficient (Wildman–Crippen LogP) is 4.21. The third kappa shape index (κ3) is 3.58. The minimum atomic E-state index is -0.257. The lowest BCUT2D eigenvalue weighted by atomic mass is 9.87. The zero-order valence-electron chi connectivity index (χ0n) is 16.2. The summed E-state index contributed by atoms with van der Waals surface area (Å²) in [7, 11) is 0. The highest BCUT2D eigenvalue weighted by molar-refractivity contribution is 6.06. The van der Waals surface area contributed by atoms with Crippen molar-refractivity contribution in [3.05, 3.63) is 71.4 Å². The van der Waals surface area contributed by atoms with Gasteiger partial charge in [0.2, 0.25) is 6.79 Å². The van der Waals surface area contributed by atoms with Gasteiger partial charge in [-0.1, -0.05) is 51.1 Å². The molecule has 0 saturated heterocycles. The van der Waals surface area contributed by atoms with Crippen molar-refractivity contribution in [3.8, 4) is 11.5 Å². The fraction of sp³-hybridized carbons (Fsp3) is 0.273. The summed E-state index contributed by atoms with van der Waals surface area (Å²) >= 11 is 0. The highest BCUT2D eigenvalue weighted by atomic mass is 16.7. The van der Waals surface area contributed by atoms with Crippen LogP contribution in [0.3, 0.4) is 0 Å². The summed E-state index contributed by atoms with van der Waals surface area (Å²) in [5.74, 6) is 1.43.